The van der Waals surface area contributed by atoms with Gasteiger partial charge in [0.05, 0.1) is 18.8 Å². The van der Waals surface area contributed by atoms with Crippen molar-refractivity contribution in [1.82, 2.24) is 0 Å². The highest BCUT2D eigenvalue weighted by molar-refractivity contribution is 7.99. The molecular weight excluding hydrogens is 480 g/mol. The first-order chi connectivity index (χ1) is 16.4. The molecule has 0 aliphatic carbocycles. The summed E-state index contributed by atoms with van der Waals surface area (Å²) in [5.41, 5.74) is 0.996. The molecule has 0 bridgehead atoms. The lowest BCUT2D eigenvalue weighted by molar-refractivity contribution is -0.142. The third-order valence-corrected chi connectivity index (χ3v) is 5.76. The second kappa shape index (κ2) is 13.4. The Balaban J connectivity index is 3.02. The molecular formula is C28H44O7S. The van der Waals surface area contributed by atoms with Gasteiger partial charge in [-0.25, -0.2) is 4.79 Å². The number of hydrogen-bond acceptors (Lipinski definition) is 8. The molecule has 0 atom stereocenters. The third kappa shape index (κ3) is 11.7. The van der Waals surface area contributed by atoms with Gasteiger partial charge < -0.3 is 18.9 Å². The second-order valence-electron chi connectivity index (χ2n) is 11.8. The van der Waals surface area contributed by atoms with Gasteiger partial charge in [0.2, 0.25) is 0 Å². The van der Waals surface area contributed by atoms with Crippen molar-refractivity contribution >= 4 is 29.9 Å². The van der Waals surface area contributed by atoms with Gasteiger partial charge in [-0.1, -0.05) is 60.6 Å². The average Bonchev–Trinajstić information content (AvgIpc) is 2.69. The normalized spacial score (nSPS) is 12.2. The fourth-order valence-electron chi connectivity index (χ4n) is 3.21. The van der Waals surface area contributed by atoms with Gasteiger partial charge in [-0.3, -0.25) is 9.59 Å². The minimum Gasteiger partial charge on any atom is -0.465 e. The van der Waals surface area contributed by atoms with E-state index in [0.29, 0.717) is 18.1 Å². The lowest BCUT2D eigenvalue weighted by atomic mass is 9.78. The van der Waals surface area contributed by atoms with Crippen LogP contribution in [0.25, 0.3) is 0 Å². The first kappa shape index (κ1) is 31.8. The maximum Gasteiger partial charge on any atom is 0.514 e. The zero-order valence-corrected chi connectivity index (χ0v) is 24.5. The lowest BCUT2D eigenvalue weighted by Gasteiger charge is -2.30. The summed E-state index contributed by atoms with van der Waals surface area (Å²) in [6.07, 6.45) is 0.111. The summed E-state index contributed by atoms with van der Waals surface area (Å²) in [5, 5.41) is 0. The molecule has 0 saturated carbocycles. The molecule has 1 aromatic carbocycles. The summed E-state index contributed by atoms with van der Waals surface area (Å²) in [5.74, 6) is 0.597. The molecule has 7 nitrogen and oxygen atoms in total. The van der Waals surface area contributed by atoms with Crippen LogP contribution in [0.15, 0.2) is 12.1 Å². The van der Waals surface area contributed by atoms with Crippen LogP contribution < -0.4 is 4.74 Å². The van der Waals surface area contributed by atoms with Crippen LogP contribution in [0.2, 0.25) is 0 Å². The molecule has 0 amide bonds. The van der Waals surface area contributed by atoms with Crippen molar-refractivity contribution in [3.05, 3.63) is 28.8 Å². The van der Waals surface area contributed by atoms with Gasteiger partial charge in [0, 0.05) is 16.9 Å². The van der Waals surface area contributed by atoms with Gasteiger partial charge in [-0.15, -0.1) is 11.8 Å². The minimum atomic E-state index is -0.762. The molecule has 0 heterocycles. The van der Waals surface area contributed by atoms with E-state index in [2.05, 4.69) is 0 Å². The fourth-order valence-corrected chi connectivity index (χ4v) is 3.81. The summed E-state index contributed by atoms with van der Waals surface area (Å²) in [7, 11) is 0. The van der Waals surface area contributed by atoms with E-state index < -0.39 is 11.8 Å². The van der Waals surface area contributed by atoms with Crippen LogP contribution in [0.5, 0.6) is 5.75 Å². The quantitative estimate of drug-likeness (QED) is 0.151. The van der Waals surface area contributed by atoms with Gasteiger partial charge in [0.25, 0.3) is 0 Å². The number of esters is 2. The number of rotatable bonds is 10. The zero-order chi connectivity index (χ0) is 27.7. The lowest BCUT2D eigenvalue weighted by Crippen LogP contribution is -2.28. The van der Waals surface area contributed by atoms with Crippen molar-refractivity contribution in [3.63, 3.8) is 0 Å². The maximum atomic E-state index is 12.6. The van der Waals surface area contributed by atoms with Gasteiger partial charge in [0.15, 0.2) is 0 Å². The largest absolute Gasteiger partial charge is 0.514 e. The highest BCUT2D eigenvalue weighted by Crippen LogP contribution is 2.41. The number of carbonyl (C=O) groups is 3. The molecule has 0 unspecified atom stereocenters. The molecule has 1 aromatic rings. The summed E-state index contributed by atoms with van der Waals surface area (Å²) in [6, 6.07) is 3.80. The van der Waals surface area contributed by atoms with Crippen LogP contribution in [0.4, 0.5) is 4.79 Å². The van der Waals surface area contributed by atoms with Crippen LogP contribution in [0, 0.1) is 0 Å². The second-order valence-corrected chi connectivity index (χ2v) is 12.9. The Kier molecular flexibility index (Phi) is 11.8. The van der Waals surface area contributed by atoms with Crippen molar-refractivity contribution in [2.45, 2.75) is 98.5 Å². The highest BCUT2D eigenvalue weighted by atomic mass is 32.2. The number of carbonyl (C=O) groups excluding carboxylic acids is 3. The zero-order valence-electron chi connectivity index (χ0n) is 23.7. The molecule has 0 aliphatic heterocycles. The average molecular weight is 525 g/mol. The highest BCUT2D eigenvalue weighted by Gasteiger charge is 2.31. The molecule has 0 spiro atoms. The van der Waals surface area contributed by atoms with E-state index in [4.69, 9.17) is 18.9 Å². The van der Waals surface area contributed by atoms with Gasteiger partial charge in [-0.05, 0) is 43.6 Å². The summed E-state index contributed by atoms with van der Waals surface area (Å²) >= 11 is 1.37. The van der Waals surface area contributed by atoms with Crippen molar-refractivity contribution in [2.24, 2.45) is 0 Å². The van der Waals surface area contributed by atoms with Crippen LogP contribution in [-0.4, -0.2) is 48.4 Å². The van der Waals surface area contributed by atoms with Gasteiger partial charge in [-0.2, -0.15) is 0 Å². The summed E-state index contributed by atoms with van der Waals surface area (Å²) < 4.78 is 21.6. The number of ether oxygens (including phenoxy) is 4. The molecule has 0 aromatic heterocycles. The van der Waals surface area contributed by atoms with E-state index in [0.717, 1.165) is 23.1 Å². The molecule has 36 heavy (non-hydrogen) atoms. The number of thioether (sulfide) groups is 1. The molecule has 0 aliphatic rings. The first-order valence-electron chi connectivity index (χ1n) is 12.4. The van der Waals surface area contributed by atoms with Crippen LogP contribution in [0.3, 0.4) is 0 Å². The standard InChI is InChI=1S/C28H44O7S/c1-11-12-32-23(30)18-36-14-13-33-22(29)17-19-15-20(26(2,3)4)24(21(16-19)27(5,6)7)34-25(31)35-28(8,9)10/h15-16H,11-14,17-18H2,1-10H3. The van der Waals surface area contributed by atoms with E-state index in [1.54, 1.807) is 20.8 Å². The van der Waals surface area contributed by atoms with Crippen molar-refractivity contribution < 1.29 is 33.3 Å². The van der Waals surface area contributed by atoms with E-state index in [-0.39, 0.29) is 41.5 Å². The Morgan fingerprint density at radius 1 is 0.806 bits per heavy atom. The Labute approximate surface area is 221 Å². The topological polar surface area (TPSA) is 88.1 Å². The Morgan fingerprint density at radius 3 is 1.81 bits per heavy atom. The Hall–Kier alpha value is -2.22. The third-order valence-electron chi connectivity index (χ3n) is 4.87. The molecule has 0 N–H and O–H groups in total. The molecule has 1 rings (SSSR count). The predicted octanol–water partition coefficient (Wildman–Crippen LogP) is 6.37. The molecule has 0 radical (unpaired) electrons. The smallest absolute Gasteiger partial charge is 0.465 e. The first-order valence-corrected chi connectivity index (χ1v) is 13.6. The molecule has 0 fully saturated rings. The van der Waals surface area contributed by atoms with Gasteiger partial charge >= 0.3 is 18.1 Å². The summed E-state index contributed by atoms with van der Waals surface area (Å²) in [4.78, 5) is 36.7. The van der Waals surface area contributed by atoms with Crippen LogP contribution >= 0.6 is 11.8 Å². The molecule has 204 valence electrons. The molecule has 8 heteroatoms. The van der Waals surface area contributed by atoms with E-state index in [1.165, 1.54) is 11.8 Å². The van der Waals surface area contributed by atoms with Crippen LogP contribution in [-0.2, 0) is 41.1 Å². The van der Waals surface area contributed by atoms with E-state index in [9.17, 15) is 14.4 Å². The predicted molar refractivity (Wildman–Crippen MR) is 144 cm³/mol. The number of benzene rings is 1. The van der Waals surface area contributed by atoms with E-state index in [1.807, 2.05) is 60.6 Å². The van der Waals surface area contributed by atoms with Crippen molar-refractivity contribution in [1.29, 1.82) is 0 Å². The number of hydrogen-bond donors (Lipinski definition) is 0. The van der Waals surface area contributed by atoms with Crippen molar-refractivity contribution in [2.75, 3.05) is 24.7 Å². The Morgan fingerprint density at radius 2 is 1.33 bits per heavy atom. The molecule has 0 saturated heterocycles. The SMILES string of the molecule is CCCOC(=O)CSCCOC(=O)Cc1cc(C(C)(C)C)c(OC(=O)OC(C)(C)C)c(C(C)(C)C)c1. The van der Waals surface area contributed by atoms with E-state index >= 15 is 0 Å². The van der Waals surface area contributed by atoms with Crippen molar-refractivity contribution in [3.8, 4) is 5.75 Å². The summed E-state index contributed by atoms with van der Waals surface area (Å²) in [6.45, 7) is 20.1. The maximum absolute atomic E-state index is 12.6. The van der Waals surface area contributed by atoms with Gasteiger partial charge in [0.1, 0.15) is 18.0 Å². The fraction of sp³-hybridized carbons (Fsp3) is 0.679. The minimum absolute atomic E-state index is 0.0854. The Bertz CT molecular complexity index is 867. The monoisotopic (exact) mass is 524 g/mol. The van der Waals surface area contributed by atoms with Crippen LogP contribution in [0.1, 0.15) is 92.3 Å².